The summed E-state index contributed by atoms with van der Waals surface area (Å²) in [7, 11) is 0. The second-order valence-electron chi connectivity index (χ2n) is 2.81. The van der Waals surface area contributed by atoms with E-state index in [9.17, 15) is 0 Å². The molecule has 0 unspecified atom stereocenters. The summed E-state index contributed by atoms with van der Waals surface area (Å²) in [6.07, 6.45) is 12.8. The highest BCUT2D eigenvalue weighted by Crippen LogP contribution is 2.11. The molecule has 0 aliphatic heterocycles. The molecule has 70 valence electrons. The first-order valence-electron chi connectivity index (χ1n) is 4.49. The second kappa shape index (κ2) is 7.35. The van der Waals surface area contributed by atoms with Crippen LogP contribution in [0.5, 0.6) is 0 Å². The number of hydrogen-bond acceptors (Lipinski definition) is 0. The lowest BCUT2D eigenvalue weighted by atomic mass is 10.1. The fourth-order valence-electron chi connectivity index (χ4n) is 0.976. The summed E-state index contributed by atoms with van der Waals surface area (Å²) in [5.74, 6) is 0. The van der Waals surface area contributed by atoms with Gasteiger partial charge in [0.1, 0.15) is 0 Å². The van der Waals surface area contributed by atoms with E-state index in [1.165, 1.54) is 5.57 Å². The number of allylic oxidation sites excluding steroid dienone is 8. The lowest BCUT2D eigenvalue weighted by Gasteiger charge is -1.99. The average molecular weight is 174 g/mol. The van der Waals surface area contributed by atoms with E-state index >= 15 is 0 Å². The van der Waals surface area contributed by atoms with Crippen LogP contribution in [0.15, 0.2) is 60.8 Å². The van der Waals surface area contributed by atoms with E-state index in [-0.39, 0.29) is 0 Å². The van der Waals surface area contributed by atoms with Gasteiger partial charge in [-0.25, -0.2) is 0 Å². The highest BCUT2D eigenvalue weighted by Gasteiger charge is 1.91. The van der Waals surface area contributed by atoms with E-state index in [1.807, 2.05) is 44.2 Å². The van der Waals surface area contributed by atoms with Gasteiger partial charge in [-0.15, -0.1) is 0 Å². The Balaban J connectivity index is 4.28. The molecular formula is C13H18. The monoisotopic (exact) mass is 174 g/mol. The molecule has 0 radical (unpaired) electrons. The lowest BCUT2D eigenvalue weighted by Crippen LogP contribution is -1.80. The average Bonchev–Trinajstić information content (AvgIpc) is 2.12. The minimum atomic E-state index is 0.873. The molecule has 0 atom stereocenters. The van der Waals surface area contributed by atoms with Gasteiger partial charge in [0, 0.05) is 0 Å². The molecule has 0 fully saturated rings. The smallest absolute Gasteiger partial charge is 0.00320 e. The standard InChI is InChI=1S/C13H18/c1-5-8-10-13(7-3)11-12(4)9-6-2/h5-10H,3-4,11H2,1-2H3/b8-5-,9-6-,13-10+. The van der Waals surface area contributed by atoms with Crippen molar-refractivity contribution in [3.63, 3.8) is 0 Å². The SMILES string of the molecule is C=C/C(=C\C=C/C)CC(=C)/C=C\C. The van der Waals surface area contributed by atoms with Crippen LogP contribution >= 0.6 is 0 Å². The fraction of sp³-hybridized carbons (Fsp3) is 0.231. The van der Waals surface area contributed by atoms with Crippen molar-refractivity contribution in [3.05, 3.63) is 60.8 Å². The van der Waals surface area contributed by atoms with Crippen molar-refractivity contribution in [2.45, 2.75) is 20.3 Å². The predicted octanol–water partition coefficient (Wildman–Crippen LogP) is 4.20. The van der Waals surface area contributed by atoms with E-state index < -0.39 is 0 Å². The Morgan fingerprint density at radius 3 is 2.38 bits per heavy atom. The lowest BCUT2D eigenvalue weighted by molar-refractivity contribution is 1.22. The molecule has 0 aliphatic rings. The molecular weight excluding hydrogens is 156 g/mol. The maximum atomic E-state index is 3.94. The summed E-state index contributed by atoms with van der Waals surface area (Å²) in [5, 5.41) is 0. The molecule has 0 rings (SSSR count). The second-order valence-corrected chi connectivity index (χ2v) is 2.81. The molecule has 0 saturated heterocycles. The molecule has 13 heavy (non-hydrogen) atoms. The van der Waals surface area contributed by atoms with Gasteiger partial charge in [-0.1, -0.05) is 55.2 Å². The van der Waals surface area contributed by atoms with Crippen LogP contribution in [-0.4, -0.2) is 0 Å². The Morgan fingerprint density at radius 1 is 1.23 bits per heavy atom. The van der Waals surface area contributed by atoms with Gasteiger partial charge in [0.25, 0.3) is 0 Å². The normalized spacial score (nSPS) is 12.6. The van der Waals surface area contributed by atoms with Crippen LogP contribution in [0.1, 0.15) is 20.3 Å². The summed E-state index contributed by atoms with van der Waals surface area (Å²) in [4.78, 5) is 0. The van der Waals surface area contributed by atoms with Crippen molar-refractivity contribution < 1.29 is 0 Å². The Kier molecular flexibility index (Phi) is 6.62. The van der Waals surface area contributed by atoms with E-state index in [0.717, 1.165) is 12.0 Å². The van der Waals surface area contributed by atoms with Crippen LogP contribution < -0.4 is 0 Å². The first-order valence-corrected chi connectivity index (χ1v) is 4.49. The van der Waals surface area contributed by atoms with Gasteiger partial charge >= 0.3 is 0 Å². The van der Waals surface area contributed by atoms with Crippen LogP contribution in [0, 0.1) is 0 Å². The van der Waals surface area contributed by atoms with Crippen molar-refractivity contribution in [2.75, 3.05) is 0 Å². The van der Waals surface area contributed by atoms with Crippen molar-refractivity contribution in [1.29, 1.82) is 0 Å². The first kappa shape index (κ1) is 11.7. The largest absolute Gasteiger partial charge is 0.0988 e. The van der Waals surface area contributed by atoms with Crippen LogP contribution in [0.2, 0.25) is 0 Å². The predicted molar refractivity (Wildman–Crippen MR) is 61.7 cm³/mol. The molecule has 0 amide bonds. The molecule has 0 aliphatic carbocycles. The van der Waals surface area contributed by atoms with E-state index in [0.29, 0.717) is 0 Å². The summed E-state index contributed by atoms with van der Waals surface area (Å²) in [6.45, 7) is 11.7. The van der Waals surface area contributed by atoms with E-state index in [1.54, 1.807) is 0 Å². The molecule has 0 aromatic rings. The first-order chi connectivity index (χ1) is 6.24. The Hall–Kier alpha value is -1.30. The molecule has 0 aromatic heterocycles. The maximum absolute atomic E-state index is 3.94. The zero-order valence-corrected chi connectivity index (χ0v) is 8.59. The zero-order valence-electron chi connectivity index (χ0n) is 8.59. The summed E-state index contributed by atoms with van der Waals surface area (Å²) in [5.41, 5.74) is 2.30. The third kappa shape index (κ3) is 5.92. The topological polar surface area (TPSA) is 0 Å². The summed E-state index contributed by atoms with van der Waals surface area (Å²) >= 11 is 0. The van der Waals surface area contributed by atoms with Gasteiger partial charge in [0.05, 0.1) is 0 Å². The minimum absolute atomic E-state index is 0.873. The van der Waals surface area contributed by atoms with E-state index in [4.69, 9.17) is 0 Å². The van der Waals surface area contributed by atoms with Gasteiger partial charge in [-0.05, 0) is 25.8 Å². The number of rotatable bonds is 5. The van der Waals surface area contributed by atoms with E-state index in [2.05, 4.69) is 19.2 Å². The van der Waals surface area contributed by atoms with Crippen molar-refractivity contribution in [3.8, 4) is 0 Å². The van der Waals surface area contributed by atoms with Crippen LogP contribution in [0.25, 0.3) is 0 Å². The van der Waals surface area contributed by atoms with Gasteiger partial charge in [-0.2, -0.15) is 0 Å². The number of hydrogen-bond donors (Lipinski definition) is 0. The molecule has 0 saturated carbocycles. The van der Waals surface area contributed by atoms with Gasteiger partial charge < -0.3 is 0 Å². The Morgan fingerprint density at radius 2 is 1.92 bits per heavy atom. The quantitative estimate of drug-likeness (QED) is 0.548. The van der Waals surface area contributed by atoms with Crippen LogP contribution in [0.3, 0.4) is 0 Å². The van der Waals surface area contributed by atoms with Crippen molar-refractivity contribution in [2.24, 2.45) is 0 Å². The van der Waals surface area contributed by atoms with Gasteiger partial charge in [0.2, 0.25) is 0 Å². The van der Waals surface area contributed by atoms with Gasteiger partial charge in [0.15, 0.2) is 0 Å². The molecule has 0 heterocycles. The summed E-state index contributed by atoms with van der Waals surface area (Å²) in [6, 6.07) is 0. The molecule has 0 N–H and O–H groups in total. The molecule has 0 heteroatoms. The third-order valence-corrected chi connectivity index (χ3v) is 1.60. The fourth-order valence-corrected chi connectivity index (χ4v) is 0.976. The van der Waals surface area contributed by atoms with Crippen LogP contribution in [-0.2, 0) is 0 Å². The van der Waals surface area contributed by atoms with Crippen molar-refractivity contribution in [1.82, 2.24) is 0 Å². The van der Waals surface area contributed by atoms with Crippen LogP contribution in [0.4, 0.5) is 0 Å². The highest BCUT2D eigenvalue weighted by molar-refractivity contribution is 5.30. The summed E-state index contributed by atoms with van der Waals surface area (Å²) < 4.78 is 0. The molecule has 0 bridgehead atoms. The molecule has 0 aromatic carbocycles. The molecule has 0 nitrogen and oxygen atoms in total. The third-order valence-electron chi connectivity index (χ3n) is 1.60. The van der Waals surface area contributed by atoms with Crippen molar-refractivity contribution >= 4 is 0 Å². The maximum Gasteiger partial charge on any atom is -0.00320 e. The Labute approximate surface area is 81.7 Å². The zero-order chi connectivity index (χ0) is 10.1. The highest BCUT2D eigenvalue weighted by atomic mass is 14.0. The van der Waals surface area contributed by atoms with Gasteiger partial charge in [-0.3, -0.25) is 0 Å². The Bertz CT molecular complexity index is 249. The molecule has 0 spiro atoms. The minimum Gasteiger partial charge on any atom is -0.0988 e.